The zero-order valence-corrected chi connectivity index (χ0v) is 17.0. The first kappa shape index (κ1) is 19.7. The molecule has 0 radical (unpaired) electrons. The smallest absolute Gasteiger partial charge is 0.230 e. The van der Waals surface area contributed by atoms with Crippen LogP contribution in [0.25, 0.3) is 11.4 Å². The Morgan fingerprint density at radius 3 is 2.63 bits per heavy atom. The minimum absolute atomic E-state index is 0.0324. The van der Waals surface area contributed by atoms with E-state index in [2.05, 4.69) is 15.5 Å². The minimum atomic E-state index is -0.0324. The molecule has 1 aromatic heterocycles. The van der Waals surface area contributed by atoms with Crippen molar-refractivity contribution >= 4 is 40.9 Å². The van der Waals surface area contributed by atoms with E-state index in [1.165, 1.54) is 17.3 Å². The average Bonchev–Trinajstić information content (AvgIpc) is 3.04. The van der Waals surface area contributed by atoms with Gasteiger partial charge in [0.15, 0.2) is 11.0 Å². The molecule has 1 amide bonds. The molecule has 0 bridgehead atoms. The lowest BCUT2D eigenvalue weighted by Crippen LogP contribution is -2.27. The first-order valence-corrected chi connectivity index (χ1v) is 10.1. The summed E-state index contributed by atoms with van der Waals surface area (Å²) < 4.78 is 1.83. The minimum Gasteiger partial charge on any atom is -0.355 e. The van der Waals surface area contributed by atoms with Gasteiger partial charge in [0.25, 0.3) is 0 Å². The van der Waals surface area contributed by atoms with Crippen LogP contribution in [-0.2, 0) is 18.3 Å². The van der Waals surface area contributed by atoms with E-state index in [-0.39, 0.29) is 11.7 Å². The van der Waals surface area contributed by atoms with Crippen LogP contribution in [0.2, 0.25) is 10.0 Å². The van der Waals surface area contributed by atoms with Crippen molar-refractivity contribution in [3.8, 4) is 11.4 Å². The van der Waals surface area contributed by atoms with Crippen LogP contribution in [0.1, 0.15) is 5.56 Å². The Bertz CT molecular complexity index is 931. The summed E-state index contributed by atoms with van der Waals surface area (Å²) in [5.41, 5.74) is 2.02. The van der Waals surface area contributed by atoms with Crippen molar-refractivity contribution < 1.29 is 4.79 Å². The van der Waals surface area contributed by atoms with Crippen molar-refractivity contribution in [1.82, 2.24) is 20.1 Å². The molecule has 0 spiro atoms. The van der Waals surface area contributed by atoms with Crippen molar-refractivity contribution in [2.45, 2.75) is 11.6 Å². The zero-order chi connectivity index (χ0) is 19.2. The monoisotopic (exact) mass is 420 g/mol. The van der Waals surface area contributed by atoms with Gasteiger partial charge in [0.1, 0.15) is 0 Å². The molecule has 0 fully saturated rings. The van der Waals surface area contributed by atoms with Crippen LogP contribution in [0.5, 0.6) is 0 Å². The molecular weight excluding hydrogens is 403 g/mol. The van der Waals surface area contributed by atoms with Gasteiger partial charge in [-0.25, -0.2) is 0 Å². The zero-order valence-electron chi connectivity index (χ0n) is 14.7. The van der Waals surface area contributed by atoms with Crippen LogP contribution in [0.4, 0.5) is 0 Å². The van der Waals surface area contributed by atoms with Gasteiger partial charge in [0.2, 0.25) is 5.91 Å². The van der Waals surface area contributed by atoms with Gasteiger partial charge in [-0.15, -0.1) is 10.2 Å². The van der Waals surface area contributed by atoms with Gasteiger partial charge in [-0.3, -0.25) is 4.79 Å². The molecule has 0 unspecified atom stereocenters. The van der Waals surface area contributed by atoms with Gasteiger partial charge < -0.3 is 9.88 Å². The largest absolute Gasteiger partial charge is 0.355 e. The van der Waals surface area contributed by atoms with Crippen LogP contribution in [0, 0.1) is 0 Å². The van der Waals surface area contributed by atoms with Crippen molar-refractivity contribution in [2.24, 2.45) is 7.05 Å². The molecule has 8 heteroatoms. The highest BCUT2D eigenvalue weighted by molar-refractivity contribution is 7.99. The fourth-order valence-corrected chi connectivity index (χ4v) is 3.54. The Labute approximate surface area is 172 Å². The highest BCUT2D eigenvalue weighted by Gasteiger charge is 2.13. The summed E-state index contributed by atoms with van der Waals surface area (Å²) in [5.74, 6) is 0.915. The number of nitrogens with one attached hydrogen (secondary N) is 1. The van der Waals surface area contributed by atoms with Gasteiger partial charge in [0, 0.05) is 19.2 Å². The fraction of sp³-hybridized carbons (Fsp3) is 0.211. The second-order valence-corrected chi connectivity index (χ2v) is 7.63. The molecule has 0 aliphatic carbocycles. The number of amides is 1. The van der Waals surface area contributed by atoms with Gasteiger partial charge in [-0.1, -0.05) is 65.3 Å². The summed E-state index contributed by atoms with van der Waals surface area (Å²) in [6, 6.07) is 15.4. The number of aromatic nitrogens is 3. The van der Waals surface area contributed by atoms with Crippen molar-refractivity contribution in [1.29, 1.82) is 0 Å². The Kier molecular flexibility index (Phi) is 6.77. The summed E-state index contributed by atoms with van der Waals surface area (Å²) in [5, 5.41) is 12.9. The molecule has 3 rings (SSSR count). The molecule has 0 atom stereocenters. The van der Waals surface area contributed by atoms with Crippen molar-refractivity contribution in [3.05, 3.63) is 64.1 Å². The molecule has 2 aromatic carbocycles. The van der Waals surface area contributed by atoms with E-state index in [4.69, 9.17) is 23.2 Å². The van der Waals surface area contributed by atoms with Crippen LogP contribution in [-0.4, -0.2) is 33.0 Å². The molecule has 27 heavy (non-hydrogen) atoms. The van der Waals surface area contributed by atoms with Crippen LogP contribution in [0.3, 0.4) is 0 Å². The molecular formula is C19H18Cl2N4OS. The normalized spacial score (nSPS) is 10.8. The molecule has 0 aliphatic rings. The van der Waals surface area contributed by atoms with E-state index in [0.29, 0.717) is 27.6 Å². The Morgan fingerprint density at radius 2 is 1.89 bits per heavy atom. The number of rotatable bonds is 7. The molecule has 1 N–H and O–H groups in total. The maximum Gasteiger partial charge on any atom is 0.230 e. The van der Waals surface area contributed by atoms with E-state index in [1.54, 1.807) is 12.1 Å². The van der Waals surface area contributed by atoms with E-state index in [1.807, 2.05) is 48.0 Å². The summed E-state index contributed by atoms with van der Waals surface area (Å²) in [6.45, 7) is 0.608. The molecule has 5 nitrogen and oxygen atoms in total. The van der Waals surface area contributed by atoms with E-state index < -0.39 is 0 Å². The lowest BCUT2D eigenvalue weighted by molar-refractivity contribution is -0.118. The van der Waals surface area contributed by atoms with Crippen molar-refractivity contribution in [2.75, 3.05) is 12.3 Å². The number of halogens is 2. The van der Waals surface area contributed by atoms with E-state index in [9.17, 15) is 4.79 Å². The summed E-state index contributed by atoms with van der Waals surface area (Å²) >= 11 is 13.4. The SMILES string of the molecule is Cn1c(SCC(=O)NCCc2ccccc2)nnc1-c1ccc(Cl)c(Cl)c1. The summed E-state index contributed by atoms with van der Waals surface area (Å²) in [4.78, 5) is 12.1. The highest BCUT2D eigenvalue weighted by atomic mass is 35.5. The maximum atomic E-state index is 12.1. The van der Waals surface area contributed by atoms with E-state index in [0.717, 1.165) is 12.0 Å². The number of carbonyl (C=O) groups is 1. The van der Waals surface area contributed by atoms with Gasteiger partial charge >= 0.3 is 0 Å². The molecule has 0 saturated heterocycles. The Balaban J connectivity index is 1.53. The third-order valence-corrected chi connectivity index (χ3v) is 5.68. The number of benzene rings is 2. The van der Waals surface area contributed by atoms with Crippen molar-refractivity contribution in [3.63, 3.8) is 0 Å². The van der Waals surface area contributed by atoms with Gasteiger partial charge in [-0.2, -0.15) is 0 Å². The van der Waals surface area contributed by atoms with Gasteiger partial charge in [-0.05, 0) is 30.2 Å². The molecule has 0 aliphatic heterocycles. The topological polar surface area (TPSA) is 59.8 Å². The Morgan fingerprint density at radius 1 is 1.11 bits per heavy atom. The lowest BCUT2D eigenvalue weighted by Gasteiger charge is -2.06. The Hall–Kier alpha value is -2.02. The number of nitrogens with zero attached hydrogens (tertiary/aromatic N) is 3. The first-order chi connectivity index (χ1) is 13.0. The van der Waals surface area contributed by atoms with Crippen LogP contribution in [0.15, 0.2) is 53.7 Å². The summed E-state index contributed by atoms with van der Waals surface area (Å²) in [7, 11) is 1.85. The maximum absolute atomic E-state index is 12.1. The quantitative estimate of drug-likeness (QED) is 0.580. The standard InChI is InChI=1S/C19H18Cl2N4OS/c1-25-18(14-7-8-15(20)16(21)11-14)23-24-19(25)27-12-17(26)22-10-9-13-5-3-2-4-6-13/h2-8,11H,9-10,12H2,1H3,(H,22,26). The highest BCUT2D eigenvalue weighted by Crippen LogP contribution is 2.28. The second kappa shape index (κ2) is 9.26. The third-order valence-electron chi connectivity index (χ3n) is 3.92. The van der Waals surface area contributed by atoms with Crippen LogP contribution < -0.4 is 5.32 Å². The number of thioether (sulfide) groups is 1. The molecule has 1 heterocycles. The fourth-order valence-electron chi connectivity index (χ4n) is 2.50. The number of carbonyl (C=O) groups excluding carboxylic acids is 1. The third kappa shape index (κ3) is 5.25. The lowest BCUT2D eigenvalue weighted by atomic mass is 10.1. The van der Waals surface area contributed by atoms with Gasteiger partial charge in [0.05, 0.1) is 15.8 Å². The second-order valence-electron chi connectivity index (χ2n) is 5.87. The molecule has 3 aromatic rings. The number of hydrogen-bond donors (Lipinski definition) is 1. The summed E-state index contributed by atoms with van der Waals surface area (Å²) in [6.07, 6.45) is 0.808. The predicted octanol–water partition coefficient (Wildman–Crippen LogP) is 4.24. The van der Waals surface area contributed by atoms with Crippen LogP contribution >= 0.6 is 35.0 Å². The molecule has 0 saturated carbocycles. The molecule has 140 valence electrons. The number of hydrogen-bond acceptors (Lipinski definition) is 4. The van der Waals surface area contributed by atoms with E-state index >= 15 is 0 Å². The average molecular weight is 421 g/mol. The predicted molar refractivity (Wildman–Crippen MR) is 110 cm³/mol. The first-order valence-electron chi connectivity index (χ1n) is 8.33.